The summed E-state index contributed by atoms with van der Waals surface area (Å²) in [5.41, 5.74) is 1.94. The molecule has 0 bridgehead atoms. The van der Waals surface area contributed by atoms with E-state index in [9.17, 15) is 13.2 Å². The molecule has 5 nitrogen and oxygen atoms in total. The van der Waals surface area contributed by atoms with Crippen molar-refractivity contribution < 1.29 is 13.2 Å². The second-order valence-corrected chi connectivity index (χ2v) is 6.69. The molecule has 0 radical (unpaired) electrons. The van der Waals surface area contributed by atoms with Gasteiger partial charge in [-0.25, -0.2) is 13.1 Å². The van der Waals surface area contributed by atoms with Crippen LogP contribution in [0.5, 0.6) is 0 Å². The molecule has 1 heterocycles. The first-order valence-corrected chi connectivity index (χ1v) is 8.11. The van der Waals surface area contributed by atoms with Gasteiger partial charge in [0.05, 0.1) is 6.26 Å². The molecule has 1 amide bonds. The largest absolute Gasteiger partial charge is 0.311 e. The quantitative estimate of drug-likeness (QED) is 0.900. The Morgan fingerprint density at radius 2 is 1.89 bits per heavy atom. The Balaban J connectivity index is 2.18. The van der Waals surface area contributed by atoms with E-state index >= 15 is 0 Å². The molecule has 1 atom stereocenters. The van der Waals surface area contributed by atoms with Crippen molar-refractivity contribution in [2.75, 3.05) is 17.7 Å². The van der Waals surface area contributed by atoms with Crippen molar-refractivity contribution in [2.45, 2.75) is 25.8 Å². The first-order chi connectivity index (χ1) is 8.87. The second-order valence-electron chi connectivity index (χ2n) is 4.91. The van der Waals surface area contributed by atoms with Crippen LogP contribution in [0.25, 0.3) is 0 Å². The number of hydrogen-bond donors (Lipinski definition) is 1. The van der Waals surface area contributed by atoms with Crippen LogP contribution in [0.4, 0.5) is 5.69 Å². The molecule has 1 fully saturated rings. The smallest absolute Gasteiger partial charge is 0.245 e. The molecule has 19 heavy (non-hydrogen) atoms. The standard InChI is InChI=1S/C13H18N2O3S/c1-10-5-7-11(8-6-10)15-9-3-4-12(13(15)16)14-19(2,17)18/h5-8,12,14H,3-4,9H2,1-2H3/t12-/m0/s1. The molecule has 0 aliphatic carbocycles. The highest BCUT2D eigenvalue weighted by atomic mass is 32.2. The summed E-state index contributed by atoms with van der Waals surface area (Å²) in [5, 5.41) is 0. The number of nitrogens with zero attached hydrogens (tertiary/aromatic N) is 1. The van der Waals surface area contributed by atoms with Gasteiger partial charge in [-0.15, -0.1) is 0 Å². The minimum atomic E-state index is -3.37. The Morgan fingerprint density at radius 3 is 2.47 bits per heavy atom. The lowest BCUT2D eigenvalue weighted by Gasteiger charge is -2.32. The lowest BCUT2D eigenvalue weighted by atomic mass is 10.0. The lowest BCUT2D eigenvalue weighted by molar-refractivity contribution is -0.121. The van der Waals surface area contributed by atoms with E-state index in [0.717, 1.165) is 23.9 Å². The predicted molar refractivity (Wildman–Crippen MR) is 74.5 cm³/mol. The maximum absolute atomic E-state index is 12.3. The zero-order chi connectivity index (χ0) is 14.0. The van der Waals surface area contributed by atoms with Gasteiger partial charge in [0.15, 0.2) is 0 Å². The molecule has 0 saturated carbocycles. The van der Waals surface area contributed by atoms with Crippen LogP contribution < -0.4 is 9.62 Å². The second kappa shape index (κ2) is 5.30. The van der Waals surface area contributed by atoms with E-state index < -0.39 is 16.1 Å². The molecule has 0 spiro atoms. The molecule has 1 aromatic rings. The molecule has 1 saturated heterocycles. The van der Waals surface area contributed by atoms with Crippen molar-refractivity contribution in [2.24, 2.45) is 0 Å². The van der Waals surface area contributed by atoms with Crippen LogP contribution in [0.2, 0.25) is 0 Å². The monoisotopic (exact) mass is 282 g/mol. The summed E-state index contributed by atoms with van der Waals surface area (Å²) >= 11 is 0. The maximum Gasteiger partial charge on any atom is 0.245 e. The van der Waals surface area contributed by atoms with E-state index in [4.69, 9.17) is 0 Å². The molecule has 104 valence electrons. The van der Waals surface area contributed by atoms with Crippen LogP contribution in [-0.4, -0.2) is 33.2 Å². The first-order valence-electron chi connectivity index (χ1n) is 6.22. The van der Waals surface area contributed by atoms with Crippen molar-refractivity contribution in [1.29, 1.82) is 0 Å². The minimum absolute atomic E-state index is 0.180. The van der Waals surface area contributed by atoms with Crippen molar-refractivity contribution in [3.63, 3.8) is 0 Å². The average molecular weight is 282 g/mol. The number of piperidine rings is 1. The molecular weight excluding hydrogens is 264 g/mol. The van der Waals surface area contributed by atoms with Gasteiger partial charge in [0.25, 0.3) is 0 Å². The van der Waals surface area contributed by atoms with Crippen LogP contribution in [0, 0.1) is 6.92 Å². The Kier molecular flexibility index (Phi) is 3.91. The summed E-state index contributed by atoms with van der Waals surface area (Å²) in [5.74, 6) is -0.180. The predicted octanol–water partition coefficient (Wildman–Crippen LogP) is 1.04. The third kappa shape index (κ3) is 3.54. The van der Waals surface area contributed by atoms with Crippen molar-refractivity contribution in [3.05, 3.63) is 29.8 Å². The van der Waals surface area contributed by atoms with Gasteiger partial charge in [-0.05, 0) is 31.9 Å². The van der Waals surface area contributed by atoms with E-state index in [1.54, 1.807) is 4.90 Å². The number of nitrogens with one attached hydrogen (secondary N) is 1. The summed E-state index contributed by atoms with van der Waals surface area (Å²) in [4.78, 5) is 13.9. The van der Waals surface area contributed by atoms with E-state index in [1.165, 1.54) is 0 Å². The molecule has 1 aliphatic rings. The van der Waals surface area contributed by atoms with E-state index in [-0.39, 0.29) is 5.91 Å². The van der Waals surface area contributed by atoms with E-state index in [2.05, 4.69) is 4.72 Å². The zero-order valence-corrected chi connectivity index (χ0v) is 11.9. The lowest BCUT2D eigenvalue weighted by Crippen LogP contribution is -2.52. The number of carbonyl (C=O) groups is 1. The Hall–Kier alpha value is -1.40. The SMILES string of the molecule is Cc1ccc(N2CCC[C@H](NS(C)(=O)=O)C2=O)cc1. The van der Waals surface area contributed by atoms with Gasteiger partial charge in [-0.2, -0.15) is 0 Å². The van der Waals surface area contributed by atoms with Crippen LogP contribution in [-0.2, 0) is 14.8 Å². The highest BCUT2D eigenvalue weighted by Gasteiger charge is 2.31. The minimum Gasteiger partial charge on any atom is -0.311 e. The summed E-state index contributed by atoms with van der Waals surface area (Å²) in [6, 6.07) is 7.00. The number of hydrogen-bond acceptors (Lipinski definition) is 3. The van der Waals surface area contributed by atoms with Crippen molar-refractivity contribution in [1.82, 2.24) is 4.72 Å². The van der Waals surface area contributed by atoms with E-state index in [1.807, 2.05) is 31.2 Å². The molecule has 6 heteroatoms. The van der Waals surface area contributed by atoms with Crippen LogP contribution in [0.1, 0.15) is 18.4 Å². The zero-order valence-electron chi connectivity index (χ0n) is 11.1. The molecular formula is C13H18N2O3S. The highest BCUT2D eigenvalue weighted by molar-refractivity contribution is 7.88. The third-order valence-electron chi connectivity index (χ3n) is 3.14. The van der Waals surface area contributed by atoms with Crippen molar-refractivity contribution in [3.8, 4) is 0 Å². The van der Waals surface area contributed by atoms with Crippen molar-refractivity contribution >= 4 is 21.6 Å². The molecule has 1 N–H and O–H groups in total. The number of anilines is 1. The average Bonchev–Trinajstić information content (AvgIpc) is 2.32. The van der Waals surface area contributed by atoms with Gasteiger partial charge in [0, 0.05) is 12.2 Å². The maximum atomic E-state index is 12.3. The molecule has 0 aromatic heterocycles. The van der Waals surface area contributed by atoms with Gasteiger partial charge in [0.2, 0.25) is 15.9 Å². The van der Waals surface area contributed by atoms with Crippen LogP contribution in [0.15, 0.2) is 24.3 Å². The number of rotatable bonds is 3. The highest BCUT2D eigenvalue weighted by Crippen LogP contribution is 2.21. The Labute approximate surface area is 113 Å². The van der Waals surface area contributed by atoms with Gasteiger partial charge in [0.1, 0.15) is 6.04 Å². The van der Waals surface area contributed by atoms with Gasteiger partial charge in [-0.3, -0.25) is 4.79 Å². The molecule has 1 aromatic carbocycles. The van der Waals surface area contributed by atoms with Crippen LogP contribution in [0.3, 0.4) is 0 Å². The number of sulfonamides is 1. The topological polar surface area (TPSA) is 66.5 Å². The fourth-order valence-corrected chi connectivity index (χ4v) is 2.96. The summed E-state index contributed by atoms with van der Waals surface area (Å²) in [6.07, 6.45) is 2.41. The number of aryl methyl sites for hydroxylation is 1. The summed E-state index contributed by atoms with van der Waals surface area (Å²) in [6.45, 7) is 2.61. The summed E-state index contributed by atoms with van der Waals surface area (Å²) in [7, 11) is -3.37. The third-order valence-corrected chi connectivity index (χ3v) is 3.85. The summed E-state index contributed by atoms with van der Waals surface area (Å²) < 4.78 is 24.9. The number of carbonyl (C=O) groups excluding carboxylic acids is 1. The van der Waals surface area contributed by atoms with Gasteiger partial charge in [-0.1, -0.05) is 17.7 Å². The fourth-order valence-electron chi connectivity index (χ4n) is 2.22. The molecule has 0 unspecified atom stereocenters. The number of benzene rings is 1. The molecule has 1 aliphatic heterocycles. The normalized spacial score (nSPS) is 20.6. The van der Waals surface area contributed by atoms with Gasteiger partial charge < -0.3 is 4.90 Å². The Bertz CT molecular complexity index is 566. The fraction of sp³-hybridized carbons (Fsp3) is 0.462. The van der Waals surface area contributed by atoms with E-state index in [0.29, 0.717) is 13.0 Å². The van der Waals surface area contributed by atoms with Gasteiger partial charge >= 0.3 is 0 Å². The number of amides is 1. The van der Waals surface area contributed by atoms with Crippen LogP contribution >= 0.6 is 0 Å². The first kappa shape index (κ1) is 14.0. The molecule has 2 rings (SSSR count). The Morgan fingerprint density at radius 1 is 1.26 bits per heavy atom.